The number of ether oxygens (including phenoxy) is 14. The SMILES string of the molecule is CC(=O)N[C@H]1[C@H](OC[C@H]2O[C@@H](O[C@H]3[C@H](O)[C@@H](O)[C@H](OC[C@@H](CO)NC=O)O[C@@H]3CO)[C@H](O)[C@@H](O[C@@H]3O[C@H](CO)[C@@H](O[C@@H]4O[C@@H](C)[C@@H](O)[C@@H](O)[C@@H]4O)[C@H](O[C@@H]4O[C@H](CO)[C@H](O)[C@H](O)[C@H]4O)[C@H]3NC(C)=O)[C@H]2O)O[C@H](CO)[C@@H](O[C@@H]2O[C@H](CO)[C@H](O)[C@H](O)[C@H]2O)[C@@H]1O. The smallest absolute Gasteiger partial charge is 0.217 e. The van der Waals surface area contributed by atoms with Crippen LogP contribution in [0.3, 0.4) is 0 Å². The van der Waals surface area contributed by atoms with Crippen molar-refractivity contribution in [3.63, 3.8) is 0 Å². The van der Waals surface area contributed by atoms with Crippen molar-refractivity contribution in [2.24, 2.45) is 0 Å². The van der Waals surface area contributed by atoms with Crippen LogP contribution in [0.5, 0.6) is 0 Å². The van der Waals surface area contributed by atoms with E-state index in [9.17, 15) is 117 Å². The van der Waals surface area contributed by atoms with Gasteiger partial charge in [-0.15, -0.1) is 0 Å². The summed E-state index contributed by atoms with van der Waals surface area (Å²) < 4.78 is 82.4. The number of nitrogens with one attached hydrogen (secondary N) is 3. The molecule has 7 aliphatic rings. The lowest BCUT2D eigenvalue weighted by molar-refractivity contribution is -0.393. The Morgan fingerprint density at radius 2 is 0.789 bits per heavy atom. The summed E-state index contributed by atoms with van der Waals surface area (Å²) in [6.07, 6.45) is -64.3. The third kappa shape index (κ3) is 16.6. The molecule has 0 spiro atoms. The summed E-state index contributed by atoms with van der Waals surface area (Å²) in [5.41, 5.74) is 0. The Morgan fingerprint density at radius 1 is 0.389 bits per heavy atom. The largest absolute Gasteiger partial charge is 0.394 e. The maximum absolute atomic E-state index is 13.3. The van der Waals surface area contributed by atoms with Crippen molar-refractivity contribution in [2.75, 3.05) is 52.9 Å². The van der Waals surface area contributed by atoms with Crippen molar-refractivity contribution in [1.82, 2.24) is 16.0 Å². The predicted octanol–water partition coefficient (Wildman–Crippen LogP) is -15.8. The summed E-state index contributed by atoms with van der Waals surface area (Å²) in [5.74, 6) is -1.81. The molecule has 7 saturated heterocycles. The lowest BCUT2D eigenvalue weighted by Gasteiger charge is -2.52. The van der Waals surface area contributed by atoms with E-state index >= 15 is 0 Å². The van der Waals surface area contributed by atoms with Gasteiger partial charge in [0.2, 0.25) is 18.2 Å². The van der Waals surface area contributed by atoms with Crippen molar-refractivity contribution >= 4 is 18.2 Å². The fourth-order valence-electron chi connectivity index (χ4n) is 11.2. The summed E-state index contributed by atoms with van der Waals surface area (Å²) in [4.78, 5) is 37.0. The van der Waals surface area contributed by atoms with Crippen LogP contribution < -0.4 is 16.0 Å². The minimum absolute atomic E-state index is 0.243. The average molecular weight is 1320 g/mol. The van der Waals surface area contributed by atoms with Gasteiger partial charge in [-0.2, -0.15) is 0 Å². The maximum Gasteiger partial charge on any atom is 0.217 e. The number of aliphatic hydroxyl groups is 20. The van der Waals surface area contributed by atoms with E-state index in [1.54, 1.807) is 0 Å². The molecule has 0 aliphatic carbocycles. The summed E-state index contributed by atoms with van der Waals surface area (Å²) in [6.45, 7) is -4.06. The average Bonchev–Trinajstić information content (AvgIpc) is 0.804. The quantitative estimate of drug-likeness (QED) is 0.0358. The molecular weight excluding hydrogens is 1230 g/mol. The van der Waals surface area contributed by atoms with Gasteiger partial charge in [-0.1, -0.05) is 0 Å². The molecule has 0 aromatic heterocycles. The lowest BCUT2D eigenvalue weighted by Crippen LogP contribution is -2.71. The molecule has 0 saturated carbocycles. The van der Waals surface area contributed by atoms with Crippen LogP contribution >= 0.6 is 0 Å². The van der Waals surface area contributed by atoms with E-state index < -0.39 is 286 Å². The van der Waals surface area contributed by atoms with Crippen LogP contribution in [-0.4, -0.2) is 394 Å². The standard InChI is InChI=1S/C50H85N3O37/c1-13-25(63)30(68)34(72)47(79-13)88-41-21(9-59)83-45(24(53-15(3)62)42(41)89-49-36(74)32(70)27(65)18(6-56)81-49)90-43-28(66)22(85-50(38(43)76)87-40-20(8-58)84-46(37(75)33(40)71)77-10-16(4-54)51-12-60)11-78-44-23(52-14(2)61)29(67)39(19(7-57)82-44)86-48-35(73)31(69)26(64)17(5-55)80-48/h12-13,16-50,54-59,63-76H,4-11H2,1-3H3,(H,51,60)(H,52,61)(H,53,62)/t13-,16+,17+,18+,19+,20+,21+,22+,23+,24+,25+,26-,27-,28-,29+,30+,31-,32-,33+,34-,35+,36+,37+,38+,39+,40+,41+,42+,43-,44+,45-,46+,47-,48-,49-,50-/m0/s1. The van der Waals surface area contributed by atoms with Crippen molar-refractivity contribution in [2.45, 2.75) is 242 Å². The Kier molecular flexibility index (Phi) is 27.4. The third-order valence-corrected chi connectivity index (χ3v) is 16.3. The van der Waals surface area contributed by atoms with Crippen LogP contribution in [0, 0.1) is 0 Å². The van der Waals surface area contributed by atoms with Crippen molar-refractivity contribution in [3.8, 4) is 0 Å². The Bertz CT molecular complexity index is 2220. The molecule has 522 valence electrons. The number of rotatable bonds is 26. The first kappa shape index (κ1) is 74.4. The molecule has 7 aliphatic heterocycles. The second kappa shape index (κ2) is 33.1. The van der Waals surface area contributed by atoms with E-state index in [0.29, 0.717) is 0 Å². The van der Waals surface area contributed by atoms with E-state index in [4.69, 9.17) is 66.3 Å². The van der Waals surface area contributed by atoms with Gasteiger partial charge in [0.05, 0.1) is 65.0 Å². The van der Waals surface area contributed by atoms with Gasteiger partial charge in [0, 0.05) is 13.8 Å². The first-order valence-electron chi connectivity index (χ1n) is 28.7. The minimum Gasteiger partial charge on any atom is -0.394 e. The Hall–Kier alpha value is -2.95. The number of carbonyl (C=O) groups is 3. The summed E-state index contributed by atoms with van der Waals surface area (Å²) in [7, 11) is 0. The normalized spacial score (nSPS) is 48.1. The summed E-state index contributed by atoms with van der Waals surface area (Å²) in [6, 6.07) is -4.75. The molecule has 3 amide bonds. The minimum atomic E-state index is -2.40. The number of carbonyl (C=O) groups excluding carboxylic acids is 3. The summed E-state index contributed by atoms with van der Waals surface area (Å²) in [5, 5.41) is 224. The van der Waals surface area contributed by atoms with Gasteiger partial charge in [0.1, 0.15) is 165 Å². The molecular formula is C50H85N3O37. The van der Waals surface area contributed by atoms with E-state index in [1.807, 2.05) is 0 Å². The van der Waals surface area contributed by atoms with Gasteiger partial charge in [-0.3, -0.25) is 14.4 Å². The zero-order valence-electron chi connectivity index (χ0n) is 48.4. The Morgan fingerprint density at radius 3 is 1.30 bits per heavy atom. The Labute approximate surface area is 510 Å². The molecule has 36 atom stereocenters. The van der Waals surface area contributed by atoms with E-state index in [1.165, 1.54) is 6.92 Å². The van der Waals surface area contributed by atoms with Gasteiger partial charge in [0.25, 0.3) is 0 Å². The maximum atomic E-state index is 13.3. The van der Waals surface area contributed by atoms with Gasteiger partial charge < -0.3 is 184 Å². The van der Waals surface area contributed by atoms with Crippen LogP contribution in [0.15, 0.2) is 0 Å². The first-order valence-corrected chi connectivity index (χ1v) is 28.7. The molecule has 0 aromatic rings. The highest BCUT2D eigenvalue weighted by Crippen LogP contribution is 2.38. The topological polar surface area (TPSA) is 621 Å². The van der Waals surface area contributed by atoms with Crippen molar-refractivity contribution in [3.05, 3.63) is 0 Å². The molecule has 0 radical (unpaired) electrons. The molecule has 40 nitrogen and oxygen atoms in total. The first-order chi connectivity index (χ1) is 42.7. The molecule has 7 heterocycles. The Balaban J connectivity index is 1.24. The van der Waals surface area contributed by atoms with Gasteiger partial charge in [-0.25, -0.2) is 0 Å². The van der Waals surface area contributed by atoms with Gasteiger partial charge in [0.15, 0.2) is 44.0 Å². The molecule has 23 N–H and O–H groups in total. The number of hydrogen-bond donors (Lipinski definition) is 23. The van der Waals surface area contributed by atoms with E-state index in [0.717, 1.165) is 13.8 Å². The van der Waals surface area contributed by atoms with Gasteiger partial charge in [-0.05, 0) is 6.92 Å². The zero-order valence-corrected chi connectivity index (χ0v) is 48.4. The molecule has 0 bridgehead atoms. The highest BCUT2D eigenvalue weighted by atomic mass is 16.8. The molecule has 7 rings (SSSR count). The number of amides is 3. The lowest BCUT2D eigenvalue weighted by atomic mass is 9.93. The van der Waals surface area contributed by atoms with Crippen molar-refractivity contribution in [1.29, 1.82) is 0 Å². The second-order valence-corrected chi connectivity index (χ2v) is 22.5. The molecule has 90 heavy (non-hydrogen) atoms. The van der Waals surface area contributed by atoms with Crippen LogP contribution in [0.1, 0.15) is 20.8 Å². The molecule has 0 unspecified atom stereocenters. The monoisotopic (exact) mass is 1320 g/mol. The molecule has 0 aromatic carbocycles. The fourth-order valence-corrected chi connectivity index (χ4v) is 11.2. The fraction of sp³-hybridized carbons (Fsp3) is 0.940. The second-order valence-electron chi connectivity index (χ2n) is 22.5. The molecule has 7 fully saturated rings. The van der Waals surface area contributed by atoms with E-state index in [2.05, 4.69) is 16.0 Å². The van der Waals surface area contributed by atoms with Crippen LogP contribution in [0.25, 0.3) is 0 Å². The number of hydrogen-bond acceptors (Lipinski definition) is 37. The van der Waals surface area contributed by atoms with Crippen LogP contribution in [0.4, 0.5) is 0 Å². The van der Waals surface area contributed by atoms with Crippen LogP contribution in [-0.2, 0) is 80.7 Å². The van der Waals surface area contributed by atoms with Gasteiger partial charge >= 0.3 is 0 Å². The summed E-state index contributed by atoms with van der Waals surface area (Å²) >= 11 is 0. The molecule has 40 heteroatoms. The highest BCUT2D eigenvalue weighted by molar-refractivity contribution is 5.73. The van der Waals surface area contributed by atoms with E-state index in [-0.39, 0.29) is 6.41 Å². The van der Waals surface area contributed by atoms with Crippen LogP contribution in [0.2, 0.25) is 0 Å². The number of aliphatic hydroxyl groups excluding tert-OH is 20. The van der Waals surface area contributed by atoms with Crippen molar-refractivity contribution < 1.29 is 183 Å². The third-order valence-electron chi connectivity index (χ3n) is 16.3. The predicted molar refractivity (Wildman–Crippen MR) is 277 cm³/mol. The zero-order chi connectivity index (χ0) is 66.3. The highest BCUT2D eigenvalue weighted by Gasteiger charge is 2.59.